The van der Waals surface area contributed by atoms with Gasteiger partial charge in [0.15, 0.2) is 0 Å². The summed E-state index contributed by atoms with van der Waals surface area (Å²) in [7, 11) is 0. The maximum Gasteiger partial charge on any atom is 0.224 e. The van der Waals surface area contributed by atoms with E-state index in [0.29, 0.717) is 29.8 Å². The van der Waals surface area contributed by atoms with Crippen LogP contribution in [0.4, 0.5) is 0 Å². The molecule has 1 aromatic carbocycles. The predicted molar refractivity (Wildman–Crippen MR) is 68.0 cm³/mol. The number of carbonyl (C=O) groups is 1. The third kappa shape index (κ3) is 4.86. The molecule has 1 amide bonds. The largest absolute Gasteiger partial charge is 0.356 e. The van der Waals surface area contributed by atoms with Gasteiger partial charge in [-0.3, -0.25) is 4.79 Å². The summed E-state index contributed by atoms with van der Waals surface area (Å²) in [5.74, 6) is 0.872. The molecule has 16 heavy (non-hydrogen) atoms. The second kappa shape index (κ2) is 6.77. The molecule has 88 valence electrons. The number of halogens is 2. The van der Waals surface area contributed by atoms with Crippen molar-refractivity contribution in [3.63, 3.8) is 0 Å². The van der Waals surface area contributed by atoms with Crippen molar-refractivity contribution in [1.82, 2.24) is 5.32 Å². The number of nitrogens with one attached hydrogen (secondary N) is 1. The van der Waals surface area contributed by atoms with Crippen LogP contribution in [0.1, 0.15) is 12.5 Å². The summed E-state index contributed by atoms with van der Waals surface area (Å²) < 4.78 is 0. The van der Waals surface area contributed by atoms with Gasteiger partial charge >= 0.3 is 0 Å². The van der Waals surface area contributed by atoms with Gasteiger partial charge in [0, 0.05) is 17.4 Å². The Bertz CT molecular complexity index is 337. The molecule has 0 fully saturated rings. The molecular formula is C12H15Cl2NO. The monoisotopic (exact) mass is 259 g/mol. The zero-order valence-corrected chi connectivity index (χ0v) is 10.7. The minimum atomic E-state index is 0.0132. The highest BCUT2D eigenvalue weighted by Crippen LogP contribution is 2.09. The van der Waals surface area contributed by atoms with E-state index in [1.165, 1.54) is 0 Å². The van der Waals surface area contributed by atoms with Crippen LogP contribution in [-0.4, -0.2) is 18.3 Å². The fourth-order valence-corrected chi connectivity index (χ4v) is 1.43. The van der Waals surface area contributed by atoms with Crippen LogP contribution < -0.4 is 5.32 Å². The fourth-order valence-electron chi connectivity index (χ4n) is 1.19. The van der Waals surface area contributed by atoms with Crippen molar-refractivity contribution in [1.29, 1.82) is 0 Å². The van der Waals surface area contributed by atoms with Gasteiger partial charge in [0.05, 0.1) is 6.42 Å². The van der Waals surface area contributed by atoms with Crippen molar-refractivity contribution < 1.29 is 4.79 Å². The second-order valence-electron chi connectivity index (χ2n) is 3.87. The van der Waals surface area contributed by atoms with Gasteiger partial charge in [-0.15, -0.1) is 11.6 Å². The molecule has 2 nitrogen and oxygen atoms in total. The van der Waals surface area contributed by atoms with Crippen molar-refractivity contribution in [2.45, 2.75) is 13.3 Å². The van der Waals surface area contributed by atoms with Gasteiger partial charge in [-0.05, 0) is 23.6 Å². The Hall–Kier alpha value is -0.730. The molecule has 1 N–H and O–H groups in total. The molecule has 1 aromatic rings. The van der Waals surface area contributed by atoms with Gasteiger partial charge in [0.25, 0.3) is 0 Å². The highest BCUT2D eigenvalue weighted by atomic mass is 35.5. The predicted octanol–water partition coefficient (Wildman–Crippen LogP) is 2.87. The standard InChI is InChI=1S/C12H15Cl2NO/c1-9(7-13)8-15-12(16)6-10-2-4-11(14)5-3-10/h2-5,9H,6-8H2,1H3,(H,15,16). The van der Waals surface area contributed by atoms with Crippen LogP contribution in [0.5, 0.6) is 0 Å². The average Bonchev–Trinajstić information content (AvgIpc) is 2.29. The van der Waals surface area contributed by atoms with Gasteiger partial charge < -0.3 is 5.32 Å². The Morgan fingerprint density at radius 1 is 1.38 bits per heavy atom. The van der Waals surface area contributed by atoms with Crippen molar-refractivity contribution in [2.24, 2.45) is 5.92 Å². The van der Waals surface area contributed by atoms with E-state index in [1.54, 1.807) is 12.1 Å². The Labute approximate surface area is 106 Å². The molecule has 0 radical (unpaired) electrons. The van der Waals surface area contributed by atoms with Crippen LogP contribution in [0.15, 0.2) is 24.3 Å². The van der Waals surface area contributed by atoms with Crippen molar-refractivity contribution in [3.05, 3.63) is 34.9 Å². The molecule has 1 rings (SSSR count). The molecule has 0 saturated heterocycles. The first-order valence-electron chi connectivity index (χ1n) is 5.19. The highest BCUT2D eigenvalue weighted by molar-refractivity contribution is 6.30. The maximum atomic E-state index is 11.5. The number of carbonyl (C=O) groups excluding carboxylic acids is 1. The van der Waals surface area contributed by atoms with E-state index in [0.717, 1.165) is 5.56 Å². The third-order valence-electron chi connectivity index (χ3n) is 2.19. The quantitative estimate of drug-likeness (QED) is 0.810. The molecule has 0 spiro atoms. The van der Waals surface area contributed by atoms with Gasteiger partial charge in [-0.1, -0.05) is 30.7 Å². The minimum Gasteiger partial charge on any atom is -0.356 e. The van der Waals surface area contributed by atoms with Crippen LogP contribution in [0.2, 0.25) is 5.02 Å². The van der Waals surface area contributed by atoms with Crippen LogP contribution in [0.3, 0.4) is 0 Å². The van der Waals surface area contributed by atoms with Gasteiger partial charge in [-0.2, -0.15) is 0 Å². The number of alkyl halides is 1. The van der Waals surface area contributed by atoms with Gasteiger partial charge in [0.2, 0.25) is 5.91 Å². The van der Waals surface area contributed by atoms with Crippen molar-refractivity contribution in [2.75, 3.05) is 12.4 Å². The molecular weight excluding hydrogens is 245 g/mol. The van der Waals surface area contributed by atoms with Crippen LogP contribution in [0.25, 0.3) is 0 Å². The van der Waals surface area contributed by atoms with Gasteiger partial charge in [0.1, 0.15) is 0 Å². The number of rotatable bonds is 5. The van der Waals surface area contributed by atoms with E-state index in [4.69, 9.17) is 23.2 Å². The lowest BCUT2D eigenvalue weighted by Crippen LogP contribution is -2.30. The van der Waals surface area contributed by atoms with E-state index in [9.17, 15) is 4.79 Å². The van der Waals surface area contributed by atoms with Crippen LogP contribution in [-0.2, 0) is 11.2 Å². The summed E-state index contributed by atoms with van der Waals surface area (Å²) in [6.45, 7) is 2.62. The fraction of sp³-hybridized carbons (Fsp3) is 0.417. The van der Waals surface area contributed by atoms with Gasteiger partial charge in [-0.25, -0.2) is 0 Å². The summed E-state index contributed by atoms with van der Waals surface area (Å²) in [6, 6.07) is 7.27. The summed E-state index contributed by atoms with van der Waals surface area (Å²) in [5.41, 5.74) is 0.959. The number of hydrogen-bond donors (Lipinski definition) is 1. The number of hydrogen-bond acceptors (Lipinski definition) is 1. The molecule has 0 aliphatic carbocycles. The van der Waals surface area contributed by atoms with E-state index >= 15 is 0 Å². The zero-order valence-electron chi connectivity index (χ0n) is 9.17. The summed E-state index contributed by atoms with van der Waals surface area (Å²) >= 11 is 11.4. The van der Waals surface area contributed by atoms with Crippen molar-refractivity contribution >= 4 is 29.1 Å². The van der Waals surface area contributed by atoms with E-state index < -0.39 is 0 Å². The maximum absolute atomic E-state index is 11.5. The average molecular weight is 260 g/mol. The van der Waals surface area contributed by atoms with E-state index in [2.05, 4.69) is 5.32 Å². The first kappa shape index (κ1) is 13.3. The zero-order chi connectivity index (χ0) is 12.0. The molecule has 0 bridgehead atoms. The normalized spacial score (nSPS) is 12.2. The molecule has 0 heterocycles. The number of amides is 1. The smallest absolute Gasteiger partial charge is 0.224 e. The lowest BCUT2D eigenvalue weighted by Gasteiger charge is -2.09. The molecule has 1 atom stereocenters. The summed E-state index contributed by atoms with van der Waals surface area (Å²) in [6.07, 6.45) is 0.381. The van der Waals surface area contributed by atoms with Crippen LogP contribution >= 0.6 is 23.2 Å². The third-order valence-corrected chi connectivity index (χ3v) is 2.97. The van der Waals surface area contributed by atoms with Crippen LogP contribution in [0, 0.1) is 5.92 Å². The topological polar surface area (TPSA) is 29.1 Å². The highest BCUT2D eigenvalue weighted by Gasteiger charge is 2.05. The molecule has 4 heteroatoms. The SMILES string of the molecule is CC(CCl)CNC(=O)Cc1ccc(Cl)cc1. The summed E-state index contributed by atoms with van der Waals surface area (Å²) in [5, 5.41) is 3.52. The van der Waals surface area contributed by atoms with E-state index in [1.807, 2.05) is 19.1 Å². The Morgan fingerprint density at radius 3 is 2.56 bits per heavy atom. The molecule has 0 aromatic heterocycles. The summed E-state index contributed by atoms with van der Waals surface area (Å²) in [4.78, 5) is 11.5. The minimum absolute atomic E-state index is 0.0132. The Balaban J connectivity index is 2.37. The molecule has 0 aliphatic heterocycles. The molecule has 1 unspecified atom stereocenters. The van der Waals surface area contributed by atoms with E-state index in [-0.39, 0.29) is 5.91 Å². The Morgan fingerprint density at radius 2 is 2.00 bits per heavy atom. The Kier molecular flexibility index (Phi) is 5.64. The lowest BCUT2D eigenvalue weighted by atomic mass is 10.1. The molecule has 0 aliphatic rings. The second-order valence-corrected chi connectivity index (χ2v) is 4.61. The first-order valence-corrected chi connectivity index (χ1v) is 6.10. The number of benzene rings is 1. The first-order chi connectivity index (χ1) is 7.61. The lowest BCUT2D eigenvalue weighted by molar-refractivity contribution is -0.120. The molecule has 0 saturated carbocycles. The van der Waals surface area contributed by atoms with Crippen molar-refractivity contribution in [3.8, 4) is 0 Å².